The molecule has 1 aromatic heterocycles. The minimum Gasteiger partial charge on any atom is -0.396 e. The van der Waals surface area contributed by atoms with Gasteiger partial charge in [-0.1, -0.05) is 0 Å². The van der Waals surface area contributed by atoms with Crippen molar-refractivity contribution in [1.82, 2.24) is 9.88 Å². The van der Waals surface area contributed by atoms with Gasteiger partial charge in [-0.2, -0.15) is 13.2 Å². The van der Waals surface area contributed by atoms with E-state index in [2.05, 4.69) is 9.88 Å². The van der Waals surface area contributed by atoms with E-state index < -0.39 is 11.9 Å². The van der Waals surface area contributed by atoms with Crippen molar-refractivity contribution in [3.8, 4) is 0 Å². The number of rotatable bonds is 4. The lowest BCUT2D eigenvalue weighted by Crippen LogP contribution is -2.56. The summed E-state index contributed by atoms with van der Waals surface area (Å²) >= 11 is 0. The molecule has 0 aromatic carbocycles. The number of nitrogens with two attached hydrogens (primary N) is 1. The maximum atomic E-state index is 12.8. The first-order chi connectivity index (χ1) is 9.66. The van der Waals surface area contributed by atoms with Crippen molar-refractivity contribution >= 4 is 11.4 Å². The monoisotopic (exact) mass is 302 g/mol. The second-order valence-corrected chi connectivity index (χ2v) is 5.95. The highest BCUT2D eigenvalue weighted by Gasteiger charge is 2.40. The molecule has 1 aliphatic rings. The number of anilines is 2. The molecular formula is C14H21F3N4. The summed E-state index contributed by atoms with van der Waals surface area (Å²) in [5.74, 6) is 0. The number of halogens is 3. The molecule has 21 heavy (non-hydrogen) atoms. The summed E-state index contributed by atoms with van der Waals surface area (Å²) in [6.45, 7) is 0.644. The summed E-state index contributed by atoms with van der Waals surface area (Å²) in [5.41, 5.74) is 5.55. The van der Waals surface area contributed by atoms with Gasteiger partial charge in [0.25, 0.3) is 0 Å². The number of hydrogen-bond acceptors (Lipinski definition) is 4. The molecule has 1 heterocycles. The van der Waals surface area contributed by atoms with Crippen molar-refractivity contribution in [2.45, 2.75) is 31.0 Å². The van der Waals surface area contributed by atoms with Crippen LogP contribution in [0, 0.1) is 0 Å². The summed E-state index contributed by atoms with van der Waals surface area (Å²) < 4.78 is 38.3. The Morgan fingerprint density at radius 3 is 2.33 bits per heavy atom. The van der Waals surface area contributed by atoms with E-state index in [4.69, 9.17) is 5.73 Å². The third-order valence-electron chi connectivity index (χ3n) is 4.38. The maximum Gasteiger partial charge on any atom is 0.433 e. The first kappa shape index (κ1) is 15.9. The lowest BCUT2D eigenvalue weighted by Gasteiger charge is -2.49. The Balaban J connectivity index is 2.24. The highest BCUT2D eigenvalue weighted by molar-refractivity contribution is 5.67. The fraction of sp³-hybridized carbons (Fsp3) is 0.643. The molecule has 0 radical (unpaired) electrons. The molecule has 0 aliphatic heterocycles. The second-order valence-electron chi connectivity index (χ2n) is 5.95. The van der Waals surface area contributed by atoms with E-state index in [1.54, 1.807) is 11.9 Å². The largest absolute Gasteiger partial charge is 0.433 e. The molecule has 0 atom stereocenters. The number of pyridine rings is 1. The van der Waals surface area contributed by atoms with Gasteiger partial charge in [0.1, 0.15) is 5.69 Å². The van der Waals surface area contributed by atoms with Crippen LogP contribution in [0.1, 0.15) is 25.0 Å². The third kappa shape index (κ3) is 3.07. The van der Waals surface area contributed by atoms with Crippen LogP contribution >= 0.6 is 0 Å². The molecule has 0 unspecified atom stereocenters. The van der Waals surface area contributed by atoms with Gasteiger partial charge in [-0.05, 0) is 39.4 Å². The van der Waals surface area contributed by atoms with Crippen LogP contribution < -0.4 is 10.6 Å². The van der Waals surface area contributed by atoms with Crippen LogP contribution in [-0.4, -0.2) is 43.1 Å². The van der Waals surface area contributed by atoms with E-state index in [-0.39, 0.29) is 11.2 Å². The van der Waals surface area contributed by atoms with Gasteiger partial charge in [-0.15, -0.1) is 0 Å². The Morgan fingerprint density at radius 2 is 1.90 bits per heavy atom. The number of nitrogens with zero attached hydrogens (tertiary/aromatic N) is 3. The Labute approximate surface area is 122 Å². The molecule has 0 saturated heterocycles. The molecule has 0 spiro atoms. The fourth-order valence-electron chi connectivity index (χ4n) is 2.80. The van der Waals surface area contributed by atoms with Crippen LogP contribution in [-0.2, 0) is 6.18 Å². The van der Waals surface area contributed by atoms with E-state index in [1.165, 1.54) is 0 Å². The third-order valence-corrected chi connectivity index (χ3v) is 4.38. The van der Waals surface area contributed by atoms with Crippen molar-refractivity contribution in [2.75, 3.05) is 38.3 Å². The topological polar surface area (TPSA) is 45.4 Å². The van der Waals surface area contributed by atoms with Gasteiger partial charge < -0.3 is 15.5 Å². The van der Waals surface area contributed by atoms with Gasteiger partial charge in [-0.25, -0.2) is 4.98 Å². The van der Waals surface area contributed by atoms with E-state index in [0.717, 1.165) is 31.5 Å². The molecule has 4 nitrogen and oxygen atoms in total. The maximum absolute atomic E-state index is 12.8. The van der Waals surface area contributed by atoms with Crippen LogP contribution in [0.4, 0.5) is 24.5 Å². The van der Waals surface area contributed by atoms with E-state index in [9.17, 15) is 13.2 Å². The van der Waals surface area contributed by atoms with Gasteiger partial charge in [0, 0.05) is 19.1 Å². The zero-order valence-corrected chi connectivity index (χ0v) is 12.5. The number of hydrogen-bond donors (Lipinski definition) is 1. The first-order valence-corrected chi connectivity index (χ1v) is 6.87. The first-order valence-electron chi connectivity index (χ1n) is 6.87. The van der Waals surface area contributed by atoms with Crippen molar-refractivity contribution in [1.29, 1.82) is 0 Å². The average molecular weight is 302 g/mol. The van der Waals surface area contributed by atoms with Crippen LogP contribution in [0.25, 0.3) is 0 Å². The molecule has 1 saturated carbocycles. The van der Waals surface area contributed by atoms with Gasteiger partial charge in [0.15, 0.2) is 0 Å². The molecule has 0 amide bonds. The van der Waals surface area contributed by atoms with Crippen LogP contribution in [0.3, 0.4) is 0 Å². The predicted octanol–water partition coefficient (Wildman–Crippen LogP) is 2.60. The zero-order valence-electron chi connectivity index (χ0n) is 12.5. The molecular weight excluding hydrogens is 281 g/mol. The highest BCUT2D eigenvalue weighted by atomic mass is 19.4. The van der Waals surface area contributed by atoms with Crippen molar-refractivity contribution in [3.05, 3.63) is 18.0 Å². The Kier molecular flexibility index (Phi) is 4.06. The Morgan fingerprint density at radius 1 is 1.29 bits per heavy atom. The lowest BCUT2D eigenvalue weighted by atomic mass is 9.75. The predicted molar refractivity (Wildman–Crippen MR) is 77.2 cm³/mol. The molecule has 7 heteroatoms. The quantitative estimate of drug-likeness (QED) is 0.928. The normalized spacial score (nSPS) is 17.7. The molecule has 1 aliphatic carbocycles. The number of likely N-dealkylation sites (N-methyl/N-ethyl adjacent to an activating group) is 2. The number of alkyl halides is 3. The van der Waals surface area contributed by atoms with Gasteiger partial charge >= 0.3 is 6.18 Å². The molecule has 2 rings (SSSR count). The van der Waals surface area contributed by atoms with E-state index in [0.29, 0.717) is 12.2 Å². The van der Waals surface area contributed by atoms with Crippen molar-refractivity contribution in [2.24, 2.45) is 0 Å². The van der Waals surface area contributed by atoms with E-state index >= 15 is 0 Å². The van der Waals surface area contributed by atoms with E-state index in [1.807, 2.05) is 14.1 Å². The SMILES string of the molecule is CN(CC1(N(C)C)CCC1)c1cc(C(F)(F)F)ncc1N. The Bertz CT molecular complexity index is 509. The summed E-state index contributed by atoms with van der Waals surface area (Å²) in [6.07, 6.45) is -0.148. The smallest absolute Gasteiger partial charge is 0.396 e. The average Bonchev–Trinajstić information content (AvgIpc) is 2.32. The van der Waals surface area contributed by atoms with Gasteiger partial charge in [0.2, 0.25) is 0 Å². The standard InChI is InChI=1S/C14H21F3N4/c1-20(2)13(5-4-6-13)9-21(3)11-7-12(14(15,16)17)19-8-10(11)18/h7-8H,4-6,9,18H2,1-3H3. The van der Waals surface area contributed by atoms with Gasteiger partial charge in [0.05, 0.1) is 17.6 Å². The number of nitrogen functional groups attached to an aromatic ring is 1. The lowest BCUT2D eigenvalue weighted by molar-refractivity contribution is -0.141. The molecule has 1 aromatic rings. The number of aromatic nitrogens is 1. The van der Waals surface area contributed by atoms with Crippen LogP contribution in [0.15, 0.2) is 12.3 Å². The summed E-state index contributed by atoms with van der Waals surface area (Å²) in [4.78, 5) is 7.32. The Hall–Kier alpha value is -1.50. The summed E-state index contributed by atoms with van der Waals surface area (Å²) in [7, 11) is 5.78. The minimum atomic E-state index is -4.46. The zero-order chi connectivity index (χ0) is 15.8. The van der Waals surface area contributed by atoms with Crippen LogP contribution in [0.5, 0.6) is 0 Å². The molecule has 2 N–H and O–H groups in total. The summed E-state index contributed by atoms with van der Waals surface area (Å²) in [5, 5.41) is 0. The molecule has 1 fully saturated rings. The van der Waals surface area contributed by atoms with Crippen LogP contribution in [0.2, 0.25) is 0 Å². The summed E-state index contributed by atoms with van der Waals surface area (Å²) in [6, 6.07) is 1.03. The minimum absolute atomic E-state index is 0.0167. The van der Waals surface area contributed by atoms with Gasteiger partial charge in [-0.3, -0.25) is 0 Å². The fourth-order valence-corrected chi connectivity index (χ4v) is 2.80. The van der Waals surface area contributed by atoms with Crippen molar-refractivity contribution in [3.63, 3.8) is 0 Å². The highest BCUT2D eigenvalue weighted by Crippen LogP contribution is 2.39. The molecule has 0 bridgehead atoms. The second kappa shape index (κ2) is 5.36. The molecule has 118 valence electrons. The van der Waals surface area contributed by atoms with Crippen molar-refractivity contribution < 1.29 is 13.2 Å².